The van der Waals surface area contributed by atoms with Crippen LogP contribution in [0, 0.1) is 11.8 Å². The second-order valence-corrected chi connectivity index (χ2v) is 3.36. The van der Waals surface area contributed by atoms with Crippen molar-refractivity contribution in [3.05, 3.63) is 12.4 Å². The van der Waals surface area contributed by atoms with E-state index in [4.69, 9.17) is 0 Å². The molecule has 0 amide bonds. The molecular formula is C10H21F. The summed E-state index contributed by atoms with van der Waals surface area (Å²) in [7, 11) is 0. The van der Waals surface area contributed by atoms with Crippen LogP contribution in [-0.2, 0) is 0 Å². The van der Waals surface area contributed by atoms with Gasteiger partial charge in [0.2, 0.25) is 0 Å². The van der Waals surface area contributed by atoms with Gasteiger partial charge in [-0.15, -0.1) is 0 Å². The largest absolute Gasteiger partial charge is 0.216 e. The monoisotopic (exact) mass is 160 g/mol. The highest BCUT2D eigenvalue weighted by molar-refractivity contribution is 4.74. The van der Waals surface area contributed by atoms with Gasteiger partial charge in [-0.05, 0) is 11.8 Å². The van der Waals surface area contributed by atoms with Crippen LogP contribution >= 0.6 is 0 Å². The van der Waals surface area contributed by atoms with Crippen molar-refractivity contribution in [2.45, 2.75) is 41.0 Å². The van der Waals surface area contributed by atoms with E-state index in [-0.39, 0.29) is 0 Å². The van der Waals surface area contributed by atoms with E-state index in [0.29, 0.717) is 12.2 Å². The van der Waals surface area contributed by atoms with E-state index in [1.165, 1.54) is 12.5 Å². The van der Waals surface area contributed by atoms with Crippen molar-refractivity contribution in [1.82, 2.24) is 0 Å². The summed E-state index contributed by atoms with van der Waals surface area (Å²) >= 11 is 0. The molecule has 0 saturated carbocycles. The van der Waals surface area contributed by atoms with Crippen molar-refractivity contribution >= 4 is 0 Å². The van der Waals surface area contributed by atoms with E-state index in [9.17, 15) is 4.39 Å². The van der Waals surface area contributed by atoms with Gasteiger partial charge in [0.1, 0.15) is 0 Å². The van der Waals surface area contributed by atoms with Crippen LogP contribution in [0.4, 0.5) is 4.39 Å². The van der Waals surface area contributed by atoms with Crippen LogP contribution in [0.3, 0.4) is 0 Å². The van der Waals surface area contributed by atoms with E-state index in [0.717, 1.165) is 5.92 Å². The molecule has 0 nitrogen and oxygen atoms in total. The highest BCUT2D eigenvalue weighted by Gasteiger charge is 1.80. The van der Waals surface area contributed by atoms with Gasteiger partial charge in [-0.1, -0.05) is 47.1 Å². The molecule has 0 aliphatic heterocycles. The molecule has 11 heavy (non-hydrogen) atoms. The third-order valence-electron chi connectivity index (χ3n) is 1.27. The molecule has 0 saturated heterocycles. The Balaban J connectivity index is 0. The average Bonchev–Trinajstić information content (AvgIpc) is 1.89. The molecule has 0 heterocycles. The minimum Gasteiger partial charge on any atom is -0.216 e. The van der Waals surface area contributed by atoms with Crippen LogP contribution in [0.25, 0.3) is 0 Å². The van der Waals surface area contributed by atoms with Crippen molar-refractivity contribution in [1.29, 1.82) is 0 Å². The van der Waals surface area contributed by atoms with Gasteiger partial charge in [0.25, 0.3) is 0 Å². The first kappa shape index (κ1) is 13.3. The Bertz CT molecular complexity index is 82.9. The molecule has 0 rings (SSSR count). The molecule has 0 aliphatic rings. The predicted octanol–water partition coefficient (Wildman–Crippen LogP) is 4.18. The number of hydrogen-bond acceptors (Lipinski definition) is 0. The maximum absolute atomic E-state index is 11.1. The minimum atomic E-state index is 0.343. The Kier molecular flexibility index (Phi) is 11.7. The van der Waals surface area contributed by atoms with Crippen molar-refractivity contribution in [3.8, 4) is 0 Å². The van der Waals surface area contributed by atoms with Crippen molar-refractivity contribution in [2.24, 2.45) is 11.8 Å². The maximum Gasteiger partial charge on any atom is 0.0829 e. The zero-order chi connectivity index (χ0) is 9.28. The van der Waals surface area contributed by atoms with Crippen molar-refractivity contribution in [3.63, 3.8) is 0 Å². The predicted molar refractivity (Wildman–Crippen MR) is 50.2 cm³/mol. The fraction of sp³-hybridized carbons (Fsp3) is 0.800. The summed E-state index contributed by atoms with van der Waals surface area (Å²) in [6, 6.07) is 0. The summed E-state index contributed by atoms with van der Waals surface area (Å²) in [5.41, 5.74) is 0. The second-order valence-electron chi connectivity index (χ2n) is 3.36. The summed E-state index contributed by atoms with van der Waals surface area (Å²) in [5, 5.41) is 0. The zero-order valence-corrected chi connectivity index (χ0v) is 8.39. The Labute approximate surface area is 70.5 Å². The molecule has 1 heteroatoms. The first-order valence-electron chi connectivity index (χ1n) is 4.31. The van der Waals surface area contributed by atoms with Crippen LogP contribution in [0.2, 0.25) is 0 Å². The molecular weight excluding hydrogens is 139 g/mol. The minimum absolute atomic E-state index is 0.343. The van der Waals surface area contributed by atoms with Crippen LogP contribution in [0.1, 0.15) is 41.0 Å². The van der Waals surface area contributed by atoms with Crippen LogP contribution in [0.5, 0.6) is 0 Å². The van der Waals surface area contributed by atoms with Crippen LogP contribution < -0.4 is 0 Å². The highest BCUT2D eigenvalue weighted by Crippen LogP contribution is 1.94. The van der Waals surface area contributed by atoms with E-state index in [2.05, 4.69) is 20.8 Å². The maximum atomic E-state index is 11.1. The zero-order valence-electron chi connectivity index (χ0n) is 8.39. The first-order chi connectivity index (χ1) is 5.04. The Morgan fingerprint density at radius 2 is 1.55 bits per heavy atom. The summed E-state index contributed by atoms with van der Waals surface area (Å²) in [6.45, 7) is 10.5. The highest BCUT2D eigenvalue weighted by atomic mass is 19.1. The summed E-state index contributed by atoms with van der Waals surface area (Å²) in [4.78, 5) is 0. The summed E-state index contributed by atoms with van der Waals surface area (Å²) in [6.07, 6.45) is 3.38. The molecule has 0 atom stereocenters. The smallest absolute Gasteiger partial charge is 0.0829 e. The molecule has 68 valence electrons. The fourth-order valence-corrected chi connectivity index (χ4v) is 0.145. The third-order valence-corrected chi connectivity index (χ3v) is 1.27. The molecule has 0 aromatic rings. The van der Waals surface area contributed by atoms with Gasteiger partial charge in [-0.3, -0.25) is 0 Å². The molecule has 0 fully saturated rings. The van der Waals surface area contributed by atoms with Crippen molar-refractivity contribution < 1.29 is 4.39 Å². The standard InChI is InChI=1S/C5H9F.C5H12/c1-5(2)3-4-6;1-4-5(2)3/h3-5H,1-2H3;5H,4H2,1-3H3/b4-3-;. The van der Waals surface area contributed by atoms with Gasteiger partial charge in [0, 0.05) is 0 Å². The first-order valence-corrected chi connectivity index (χ1v) is 4.31. The second kappa shape index (κ2) is 9.67. The molecule has 0 radical (unpaired) electrons. The lowest BCUT2D eigenvalue weighted by Crippen LogP contribution is -1.77. The quantitative estimate of drug-likeness (QED) is 0.568. The topological polar surface area (TPSA) is 0 Å². The lowest BCUT2D eigenvalue weighted by Gasteiger charge is -1.90. The molecule has 0 spiro atoms. The Morgan fingerprint density at radius 3 is 1.55 bits per heavy atom. The molecule has 0 bridgehead atoms. The molecule has 0 unspecified atom stereocenters. The van der Waals surface area contributed by atoms with Gasteiger partial charge in [0.05, 0.1) is 6.33 Å². The van der Waals surface area contributed by atoms with Gasteiger partial charge in [-0.2, -0.15) is 0 Å². The van der Waals surface area contributed by atoms with Crippen LogP contribution in [-0.4, -0.2) is 0 Å². The van der Waals surface area contributed by atoms with E-state index >= 15 is 0 Å². The Morgan fingerprint density at radius 1 is 1.18 bits per heavy atom. The van der Waals surface area contributed by atoms with E-state index in [1.807, 2.05) is 13.8 Å². The van der Waals surface area contributed by atoms with Gasteiger partial charge in [-0.25, -0.2) is 4.39 Å². The molecule has 0 aromatic heterocycles. The lowest BCUT2D eigenvalue weighted by atomic mass is 10.2. The number of halogens is 1. The van der Waals surface area contributed by atoms with Gasteiger partial charge >= 0.3 is 0 Å². The van der Waals surface area contributed by atoms with E-state index in [1.54, 1.807) is 0 Å². The SMILES string of the molecule is CC(C)/C=C\F.CCC(C)C. The van der Waals surface area contributed by atoms with E-state index < -0.39 is 0 Å². The van der Waals surface area contributed by atoms with Gasteiger partial charge < -0.3 is 0 Å². The lowest BCUT2D eigenvalue weighted by molar-refractivity contribution is 0.626. The summed E-state index contributed by atoms with van der Waals surface area (Å²) < 4.78 is 11.1. The van der Waals surface area contributed by atoms with Crippen molar-refractivity contribution in [2.75, 3.05) is 0 Å². The normalized spacial score (nSPS) is 10.5. The molecule has 0 aliphatic carbocycles. The Hall–Kier alpha value is -0.330. The third kappa shape index (κ3) is 26.1. The number of hydrogen-bond donors (Lipinski definition) is 0. The summed E-state index contributed by atoms with van der Waals surface area (Å²) in [5.74, 6) is 1.23. The van der Waals surface area contributed by atoms with Gasteiger partial charge in [0.15, 0.2) is 0 Å². The number of allylic oxidation sites excluding steroid dienone is 1. The molecule has 0 N–H and O–H groups in total. The number of rotatable bonds is 2. The van der Waals surface area contributed by atoms with Crippen LogP contribution in [0.15, 0.2) is 12.4 Å². The average molecular weight is 160 g/mol. The fourth-order valence-electron chi connectivity index (χ4n) is 0.145. The molecule has 0 aromatic carbocycles.